The van der Waals surface area contributed by atoms with E-state index in [1.807, 2.05) is 31.2 Å². The van der Waals surface area contributed by atoms with Gasteiger partial charge in [-0.2, -0.15) is 0 Å². The Morgan fingerprint density at radius 2 is 2.18 bits per heavy atom. The first-order chi connectivity index (χ1) is 8.15. The van der Waals surface area contributed by atoms with Crippen molar-refractivity contribution in [3.63, 3.8) is 0 Å². The van der Waals surface area contributed by atoms with Crippen LogP contribution in [0.3, 0.4) is 0 Å². The molecule has 0 bridgehead atoms. The zero-order valence-corrected chi connectivity index (χ0v) is 11.8. The summed E-state index contributed by atoms with van der Waals surface area (Å²) in [4.78, 5) is 8.55. The highest BCUT2D eigenvalue weighted by Crippen LogP contribution is 2.24. The molecule has 0 spiro atoms. The Balaban J connectivity index is 2.05. The third kappa shape index (κ3) is 3.44. The highest BCUT2D eigenvalue weighted by atomic mass is 79.9. The Labute approximate surface area is 113 Å². The molecule has 1 heterocycles. The normalized spacial score (nSPS) is 10.5. The van der Waals surface area contributed by atoms with E-state index in [9.17, 15) is 0 Å². The van der Waals surface area contributed by atoms with Crippen LogP contribution in [0.15, 0.2) is 40.1 Å². The molecule has 0 aliphatic carbocycles. The second-order valence-corrected chi connectivity index (χ2v) is 5.42. The van der Waals surface area contributed by atoms with Crippen LogP contribution in [0.5, 0.6) is 0 Å². The van der Waals surface area contributed by atoms with Crippen LogP contribution in [0, 0.1) is 6.92 Å². The molecule has 0 saturated carbocycles. The molecule has 0 aliphatic rings. The Morgan fingerprint density at radius 3 is 2.88 bits per heavy atom. The van der Waals surface area contributed by atoms with Crippen LogP contribution in [0.4, 0.5) is 5.69 Å². The standard InChI is InChI=1S/C12H12BrN3S/c1-8-4-5-15-12(16-8)17-7-9-2-3-10(13)11(14)6-9/h2-6H,7,14H2,1H3. The maximum Gasteiger partial charge on any atom is 0.188 e. The monoisotopic (exact) mass is 309 g/mol. The van der Waals surface area contributed by atoms with Gasteiger partial charge in [0.05, 0.1) is 0 Å². The van der Waals surface area contributed by atoms with Gasteiger partial charge in [0.2, 0.25) is 0 Å². The zero-order valence-electron chi connectivity index (χ0n) is 9.35. The van der Waals surface area contributed by atoms with Crippen molar-refractivity contribution in [2.75, 3.05) is 5.73 Å². The van der Waals surface area contributed by atoms with E-state index < -0.39 is 0 Å². The van der Waals surface area contributed by atoms with Crippen LogP contribution >= 0.6 is 27.7 Å². The smallest absolute Gasteiger partial charge is 0.188 e. The summed E-state index contributed by atoms with van der Waals surface area (Å²) in [6.07, 6.45) is 1.78. The Hall–Kier alpha value is -1.07. The lowest BCUT2D eigenvalue weighted by molar-refractivity contribution is 0.932. The van der Waals surface area contributed by atoms with Crippen LogP contribution in [0.1, 0.15) is 11.3 Å². The molecule has 2 rings (SSSR count). The van der Waals surface area contributed by atoms with Gasteiger partial charge in [0.25, 0.3) is 0 Å². The second kappa shape index (κ2) is 5.51. The van der Waals surface area contributed by atoms with Gasteiger partial charge in [0.15, 0.2) is 5.16 Å². The summed E-state index contributed by atoms with van der Waals surface area (Å²) in [5.74, 6) is 0.820. The van der Waals surface area contributed by atoms with Gasteiger partial charge in [-0.15, -0.1) is 0 Å². The van der Waals surface area contributed by atoms with Gasteiger partial charge in [-0.3, -0.25) is 0 Å². The predicted octanol–water partition coefficient (Wildman–Crippen LogP) is 3.42. The minimum absolute atomic E-state index is 0.758. The lowest BCUT2D eigenvalue weighted by Crippen LogP contribution is -1.91. The first-order valence-electron chi connectivity index (χ1n) is 5.11. The molecule has 2 aromatic rings. The summed E-state index contributed by atoms with van der Waals surface area (Å²) < 4.78 is 0.929. The number of hydrogen-bond donors (Lipinski definition) is 1. The van der Waals surface area contributed by atoms with Gasteiger partial charge in [-0.1, -0.05) is 17.8 Å². The molecule has 0 saturated heterocycles. The van der Waals surface area contributed by atoms with Gasteiger partial charge < -0.3 is 5.73 Å². The first kappa shape index (κ1) is 12.4. The fraction of sp³-hybridized carbons (Fsp3) is 0.167. The zero-order chi connectivity index (χ0) is 12.3. The molecule has 5 heteroatoms. The van der Waals surface area contributed by atoms with Crippen molar-refractivity contribution in [3.8, 4) is 0 Å². The molecule has 88 valence electrons. The molecular formula is C12H12BrN3S. The van der Waals surface area contributed by atoms with Crippen LogP contribution in [-0.4, -0.2) is 9.97 Å². The molecule has 17 heavy (non-hydrogen) atoms. The van der Waals surface area contributed by atoms with E-state index in [0.29, 0.717) is 0 Å². The molecule has 0 radical (unpaired) electrons. The molecule has 0 aliphatic heterocycles. The number of benzene rings is 1. The molecule has 1 aromatic heterocycles. The van der Waals surface area contributed by atoms with Crippen molar-refractivity contribution in [1.29, 1.82) is 0 Å². The van der Waals surface area contributed by atoms with Crippen molar-refractivity contribution in [3.05, 3.63) is 46.2 Å². The first-order valence-corrected chi connectivity index (χ1v) is 6.89. The number of aryl methyl sites for hydroxylation is 1. The predicted molar refractivity (Wildman–Crippen MR) is 74.9 cm³/mol. The van der Waals surface area contributed by atoms with Gasteiger partial charge >= 0.3 is 0 Å². The lowest BCUT2D eigenvalue weighted by atomic mass is 10.2. The highest BCUT2D eigenvalue weighted by Gasteiger charge is 2.01. The fourth-order valence-electron chi connectivity index (χ4n) is 1.33. The third-order valence-corrected chi connectivity index (χ3v) is 3.86. The summed E-state index contributed by atoms with van der Waals surface area (Å²) in [6.45, 7) is 1.96. The maximum atomic E-state index is 5.83. The molecule has 0 fully saturated rings. The molecular weight excluding hydrogens is 298 g/mol. The Morgan fingerprint density at radius 1 is 1.35 bits per heavy atom. The van der Waals surface area contributed by atoms with Crippen molar-refractivity contribution in [2.45, 2.75) is 17.8 Å². The molecule has 0 amide bonds. The Bertz CT molecular complexity index is 531. The van der Waals surface area contributed by atoms with E-state index in [0.717, 1.165) is 26.8 Å². The summed E-state index contributed by atoms with van der Waals surface area (Å²) >= 11 is 4.99. The quantitative estimate of drug-likeness (QED) is 0.536. The number of hydrogen-bond acceptors (Lipinski definition) is 4. The van der Waals surface area contributed by atoms with Gasteiger partial charge in [0, 0.05) is 27.8 Å². The summed E-state index contributed by atoms with van der Waals surface area (Å²) in [6, 6.07) is 7.86. The van der Waals surface area contributed by atoms with Crippen LogP contribution in [0.25, 0.3) is 0 Å². The summed E-state index contributed by atoms with van der Waals surface area (Å²) in [7, 11) is 0. The number of thioether (sulfide) groups is 1. The molecule has 0 atom stereocenters. The highest BCUT2D eigenvalue weighted by molar-refractivity contribution is 9.10. The van der Waals surface area contributed by atoms with Gasteiger partial charge in [-0.25, -0.2) is 9.97 Å². The van der Waals surface area contributed by atoms with Crippen molar-refractivity contribution >= 4 is 33.4 Å². The largest absolute Gasteiger partial charge is 0.398 e. The molecule has 0 unspecified atom stereocenters. The van der Waals surface area contributed by atoms with E-state index in [4.69, 9.17) is 5.73 Å². The number of halogens is 1. The molecule has 1 aromatic carbocycles. The van der Waals surface area contributed by atoms with E-state index in [1.165, 1.54) is 5.56 Å². The summed E-state index contributed by atoms with van der Waals surface area (Å²) in [5, 5.41) is 0.798. The number of aromatic nitrogens is 2. The number of nitrogens with zero attached hydrogens (tertiary/aromatic N) is 2. The van der Waals surface area contributed by atoms with Crippen LogP contribution < -0.4 is 5.73 Å². The minimum atomic E-state index is 0.758. The third-order valence-electron chi connectivity index (χ3n) is 2.20. The fourth-order valence-corrected chi connectivity index (χ4v) is 2.39. The second-order valence-electron chi connectivity index (χ2n) is 3.63. The van der Waals surface area contributed by atoms with Crippen molar-refractivity contribution in [2.24, 2.45) is 0 Å². The van der Waals surface area contributed by atoms with E-state index in [1.54, 1.807) is 18.0 Å². The average Bonchev–Trinajstić information content (AvgIpc) is 2.31. The van der Waals surface area contributed by atoms with Gasteiger partial charge in [0.1, 0.15) is 0 Å². The number of nitrogens with two attached hydrogens (primary N) is 1. The average molecular weight is 310 g/mol. The number of rotatable bonds is 3. The lowest BCUT2D eigenvalue weighted by Gasteiger charge is -2.04. The minimum Gasteiger partial charge on any atom is -0.398 e. The summed E-state index contributed by atoms with van der Waals surface area (Å²) in [5.41, 5.74) is 8.74. The van der Waals surface area contributed by atoms with Crippen molar-refractivity contribution < 1.29 is 0 Å². The van der Waals surface area contributed by atoms with Crippen molar-refractivity contribution in [1.82, 2.24) is 9.97 Å². The molecule has 3 nitrogen and oxygen atoms in total. The van der Waals surface area contributed by atoms with E-state index in [2.05, 4.69) is 25.9 Å². The van der Waals surface area contributed by atoms with Gasteiger partial charge in [-0.05, 0) is 46.6 Å². The Kier molecular flexibility index (Phi) is 4.02. The maximum absolute atomic E-state index is 5.83. The number of nitrogen functional groups attached to an aromatic ring is 1. The SMILES string of the molecule is Cc1ccnc(SCc2ccc(Br)c(N)c2)n1. The van der Waals surface area contributed by atoms with E-state index in [-0.39, 0.29) is 0 Å². The van der Waals surface area contributed by atoms with Crippen LogP contribution in [0.2, 0.25) is 0 Å². The number of anilines is 1. The van der Waals surface area contributed by atoms with E-state index >= 15 is 0 Å². The molecule has 2 N–H and O–H groups in total. The van der Waals surface area contributed by atoms with Crippen LogP contribution in [-0.2, 0) is 5.75 Å². The topological polar surface area (TPSA) is 51.8 Å².